The van der Waals surface area contributed by atoms with Gasteiger partial charge in [-0.15, -0.1) is 0 Å². The third-order valence-corrected chi connectivity index (χ3v) is 0. The molecule has 0 heterocycles. The van der Waals surface area contributed by atoms with Crippen LogP contribution < -0.4 is 12.3 Å². The topological polar surface area (TPSA) is 89.5 Å². The average molecular weight is 92.6 g/mol. The maximum Gasteiger partial charge on any atom is 0 e. The molecule has 0 aromatic heterocycles. The van der Waals surface area contributed by atoms with Crippen molar-refractivity contribution in [1.29, 1.82) is 0 Å². The Kier molecular flexibility index (Phi) is 995. The zero-order valence-electron chi connectivity index (χ0n) is 2.72. The molecule has 0 saturated heterocycles. The largest absolute Gasteiger partial charge is 0 e. The van der Waals surface area contributed by atoms with Crippen LogP contribution >= 0.6 is 0 Å². The molecular weight excluding hydrogens is 92.6 g/mol. The molecule has 0 bridgehead atoms. The average Bonchev–Trinajstić information content (AvgIpc) is 0. The smallest absolute Gasteiger partial charge is 0 e. The van der Waals surface area contributed by atoms with Gasteiger partial charge in [0.15, 0.2) is 0 Å². The van der Waals surface area contributed by atoms with Crippen molar-refractivity contribution in [2.45, 2.75) is 0 Å². The van der Waals surface area contributed by atoms with E-state index in [0.717, 1.165) is 0 Å². The molecule has 0 spiro atoms. The molecule has 0 atom stereocenters. The van der Waals surface area contributed by atoms with Crippen LogP contribution in [0.15, 0.2) is 0 Å². The molecule has 0 saturated carbocycles. The van der Waals surface area contributed by atoms with E-state index < -0.39 is 0 Å². The fraction of sp³-hybridized carbons (Fsp3) is 0. The van der Waals surface area contributed by atoms with Crippen LogP contribution in [-0.2, 0) is 5.48 Å². The predicted molar refractivity (Wildman–Crippen MR) is 16.5 cm³/mol. The van der Waals surface area contributed by atoms with Crippen molar-refractivity contribution < 1.29 is 5.48 Å². The minimum absolute atomic E-state index is 0. The van der Waals surface area contributed by atoms with Gasteiger partial charge in [-0.05, 0) is 0 Å². The van der Waals surface area contributed by atoms with Crippen molar-refractivity contribution in [2.24, 2.45) is 0 Å². The van der Waals surface area contributed by atoms with Crippen LogP contribution in [-0.4, -0.2) is 46.1 Å². The highest BCUT2D eigenvalue weighted by Gasteiger charge is 0.00400. The molecule has 0 aliphatic heterocycles. The molecule has 0 rings (SSSR count). The summed E-state index contributed by atoms with van der Waals surface area (Å²) in [6.07, 6.45) is 0. The fourth-order valence-corrected chi connectivity index (χ4v) is 0. The standard InChI is InChI=1S/2Mg.2N.O. The van der Waals surface area contributed by atoms with Gasteiger partial charge in [-0.25, -0.2) is 0 Å². The van der Waals surface area contributed by atoms with E-state index in [1.165, 1.54) is 0 Å². The van der Waals surface area contributed by atoms with Crippen molar-refractivity contribution in [1.82, 2.24) is 12.3 Å². The van der Waals surface area contributed by atoms with Gasteiger partial charge in [0.25, 0.3) is 0 Å². The van der Waals surface area contributed by atoms with Gasteiger partial charge in [0.05, 0.1) is 0 Å². The first-order valence-electron chi connectivity index (χ1n) is 0. The highest BCUT2D eigenvalue weighted by atomic mass is 24.3. The van der Waals surface area contributed by atoms with E-state index in [-0.39, 0.29) is 63.9 Å². The highest BCUT2D eigenvalue weighted by Crippen LogP contribution is -0.119. The molecule has 0 unspecified atom stereocenters. The lowest BCUT2D eigenvalue weighted by Crippen LogP contribution is -0.482. The van der Waals surface area contributed by atoms with E-state index in [0.29, 0.717) is 0 Å². The van der Waals surface area contributed by atoms with Gasteiger partial charge < -0.3 is 0 Å². The normalized spacial score (nSPS) is 0. The second-order valence-corrected chi connectivity index (χ2v) is 0. The monoisotopic (exact) mass is 92.0 g/mol. The van der Waals surface area contributed by atoms with Crippen LogP contribution in [0.5, 0.6) is 0 Å². The van der Waals surface area contributed by atoms with Crippen molar-refractivity contribution in [3.05, 3.63) is 0 Å². The summed E-state index contributed by atoms with van der Waals surface area (Å²) in [5, 5.41) is 0. The Labute approximate surface area is 63.7 Å². The van der Waals surface area contributed by atoms with E-state index in [1.807, 2.05) is 0 Å². The van der Waals surface area contributed by atoms with Gasteiger partial charge in [0.2, 0.25) is 0 Å². The van der Waals surface area contributed by atoms with Crippen molar-refractivity contribution in [3.63, 3.8) is 0 Å². The van der Waals surface area contributed by atoms with Gasteiger partial charge in [0.1, 0.15) is 0 Å². The third-order valence-electron chi connectivity index (χ3n) is 0. The fourth-order valence-electron chi connectivity index (χ4n) is 0. The first-order chi connectivity index (χ1) is 0. The van der Waals surface area contributed by atoms with Crippen LogP contribution in [0.4, 0.5) is 0 Å². The Hall–Kier alpha value is 1.41. The molecule has 0 amide bonds. The molecule has 5 heavy (non-hydrogen) atoms. The quantitative estimate of drug-likeness (QED) is 0.314. The second kappa shape index (κ2) is 52.8. The van der Waals surface area contributed by atoms with Crippen LogP contribution in [0.2, 0.25) is 0 Å². The molecule has 0 aromatic rings. The lowest BCUT2D eigenvalue weighted by atomic mass is 14.0. The highest BCUT2D eigenvalue weighted by molar-refractivity contribution is 5.76. The molecule has 5 heteroatoms. The molecule has 20 valence electrons. The van der Waals surface area contributed by atoms with Gasteiger partial charge in [-0.1, -0.05) is 0 Å². The van der Waals surface area contributed by atoms with Gasteiger partial charge in [-0.3, -0.25) is 0 Å². The van der Waals surface area contributed by atoms with Crippen LogP contribution in [0.25, 0.3) is 0 Å². The van der Waals surface area contributed by atoms with Crippen LogP contribution in [0.3, 0.4) is 0 Å². The van der Waals surface area contributed by atoms with Crippen molar-refractivity contribution in [3.8, 4) is 0 Å². The molecule has 12 radical (unpaired) electrons. The lowest BCUT2D eigenvalue weighted by molar-refractivity contribution is 0.686. The number of nitrogens with zero attached hydrogens (tertiary/aromatic N) is 2. The summed E-state index contributed by atoms with van der Waals surface area (Å²) in [7, 11) is 0. The van der Waals surface area contributed by atoms with Gasteiger partial charge >= 0.3 is 0 Å². The Morgan fingerprint density at radius 1 is 0.600 bits per heavy atom. The molecule has 0 aliphatic carbocycles. The predicted octanol–water partition coefficient (Wildman–Crippen LogP) is -1.84. The lowest BCUT2D eigenvalue weighted by Gasteiger charge is -0.00100. The summed E-state index contributed by atoms with van der Waals surface area (Å²) in [4.78, 5) is 0. The van der Waals surface area contributed by atoms with E-state index >= 15 is 0 Å². The van der Waals surface area contributed by atoms with E-state index in [1.54, 1.807) is 0 Å². The maximum absolute atomic E-state index is 0. The van der Waals surface area contributed by atoms with Crippen molar-refractivity contribution in [2.75, 3.05) is 0 Å². The molecule has 0 N–H and O–H groups in total. The zero-order valence-corrected chi connectivity index (χ0v) is 5.55. The first-order valence-corrected chi connectivity index (χ1v) is 0. The van der Waals surface area contributed by atoms with Gasteiger partial charge in [-0.2, -0.15) is 0 Å². The SMILES string of the molecule is [Mg].[Mg].[N].[N].[O]. The van der Waals surface area contributed by atoms with Crippen molar-refractivity contribution >= 4 is 46.1 Å². The summed E-state index contributed by atoms with van der Waals surface area (Å²) in [5.74, 6) is 0. The summed E-state index contributed by atoms with van der Waals surface area (Å²) in [6, 6.07) is 0. The summed E-state index contributed by atoms with van der Waals surface area (Å²) >= 11 is 0. The molecule has 0 aromatic carbocycles. The number of hydrogen-bond donors (Lipinski definition) is 0. The number of hydrogen-bond acceptors (Lipinski definition) is 0. The summed E-state index contributed by atoms with van der Waals surface area (Å²) in [5.41, 5.74) is 0. The van der Waals surface area contributed by atoms with Crippen LogP contribution in [0.1, 0.15) is 0 Å². The molecule has 0 aliphatic rings. The third kappa shape index (κ3) is 31.6. The minimum Gasteiger partial charge on any atom is 0 e. The Morgan fingerprint density at radius 3 is 0.600 bits per heavy atom. The van der Waals surface area contributed by atoms with E-state index in [9.17, 15) is 0 Å². The molecule has 3 nitrogen and oxygen atoms in total. The summed E-state index contributed by atoms with van der Waals surface area (Å²) in [6.45, 7) is 0. The van der Waals surface area contributed by atoms with E-state index in [2.05, 4.69) is 0 Å². The van der Waals surface area contributed by atoms with Gasteiger partial charge in [0, 0.05) is 63.9 Å². The first kappa shape index (κ1) is 94.2. The Bertz CT molecular complexity index is 7.61. The Morgan fingerprint density at radius 2 is 0.600 bits per heavy atom. The van der Waals surface area contributed by atoms with Crippen LogP contribution in [0, 0.1) is 0 Å². The summed E-state index contributed by atoms with van der Waals surface area (Å²) < 4.78 is 0. The maximum atomic E-state index is 0. The molecular formula is Mg2N2O. The minimum atomic E-state index is 0. The molecule has 0 fully saturated rings. The Balaban J connectivity index is 0. The number of rotatable bonds is 0. The van der Waals surface area contributed by atoms with E-state index in [4.69, 9.17) is 0 Å². The zero-order chi connectivity index (χ0) is 0. The second-order valence-electron chi connectivity index (χ2n) is 0.